The van der Waals surface area contributed by atoms with Gasteiger partial charge in [0.1, 0.15) is 6.61 Å². The fourth-order valence-electron chi connectivity index (χ4n) is 0.870. The predicted octanol–water partition coefficient (Wildman–Crippen LogP) is -0.294. The molecule has 0 amide bonds. The summed E-state index contributed by atoms with van der Waals surface area (Å²) in [5.74, 6) is 3.79. The quantitative estimate of drug-likeness (QED) is 0.531. The highest BCUT2D eigenvalue weighted by Crippen LogP contribution is 2.09. The molecule has 0 spiro atoms. The third-order valence-corrected chi connectivity index (χ3v) is 1.43. The van der Waals surface area contributed by atoms with Gasteiger partial charge in [0.05, 0.1) is 5.69 Å². The zero-order valence-corrected chi connectivity index (χ0v) is 7.19. The lowest BCUT2D eigenvalue weighted by atomic mass is 10.2. The first-order chi connectivity index (χ1) is 6.65. The van der Waals surface area contributed by atoms with E-state index in [1.54, 1.807) is 0 Å². The zero-order chi connectivity index (χ0) is 10.6. The van der Waals surface area contributed by atoms with Gasteiger partial charge in [-0.15, -0.1) is 0 Å². The molecule has 14 heavy (non-hydrogen) atoms. The van der Waals surface area contributed by atoms with E-state index in [0.29, 0.717) is 5.56 Å². The Morgan fingerprint density at radius 3 is 2.86 bits per heavy atom. The van der Waals surface area contributed by atoms with Crippen LogP contribution in [0.5, 0.6) is 0 Å². The molecule has 0 aliphatic carbocycles. The molecule has 1 rings (SSSR count). The number of aliphatic hydroxyl groups excluding tert-OH is 1. The Balaban J connectivity index is 3.06. The number of nitrogens with two attached hydrogens (primary N) is 1. The van der Waals surface area contributed by atoms with Gasteiger partial charge in [-0.25, -0.2) is 9.78 Å². The van der Waals surface area contributed by atoms with Crippen molar-refractivity contribution in [1.29, 1.82) is 0 Å². The Kier molecular flexibility index (Phi) is 3.05. The molecule has 1 heterocycles. The molecule has 0 saturated heterocycles. The smallest absolute Gasteiger partial charge is 0.356 e. The van der Waals surface area contributed by atoms with E-state index in [0.717, 1.165) is 0 Å². The van der Waals surface area contributed by atoms with Crippen LogP contribution in [0.3, 0.4) is 0 Å². The largest absolute Gasteiger partial charge is 0.476 e. The van der Waals surface area contributed by atoms with Gasteiger partial charge in [0.15, 0.2) is 5.69 Å². The molecule has 0 fully saturated rings. The van der Waals surface area contributed by atoms with Gasteiger partial charge in [-0.05, 0) is 6.07 Å². The Labute approximate surface area is 80.2 Å². The van der Waals surface area contributed by atoms with Crippen LogP contribution in [0.4, 0.5) is 5.69 Å². The molecule has 5 nitrogen and oxygen atoms in total. The van der Waals surface area contributed by atoms with Crippen molar-refractivity contribution >= 4 is 11.7 Å². The lowest BCUT2D eigenvalue weighted by Crippen LogP contribution is -2.05. The van der Waals surface area contributed by atoms with E-state index in [9.17, 15) is 4.79 Å². The van der Waals surface area contributed by atoms with Gasteiger partial charge in [-0.3, -0.25) is 0 Å². The van der Waals surface area contributed by atoms with Crippen LogP contribution in [-0.2, 0) is 0 Å². The van der Waals surface area contributed by atoms with Gasteiger partial charge in [0.2, 0.25) is 0 Å². The predicted molar refractivity (Wildman–Crippen MR) is 49.6 cm³/mol. The molecular formula is C9H8N2O3. The normalized spacial score (nSPS) is 8.93. The van der Waals surface area contributed by atoms with Crippen molar-refractivity contribution in [1.82, 2.24) is 4.98 Å². The van der Waals surface area contributed by atoms with Gasteiger partial charge in [0, 0.05) is 11.8 Å². The molecule has 1 aromatic rings. The van der Waals surface area contributed by atoms with Crippen molar-refractivity contribution in [3.8, 4) is 11.8 Å². The lowest BCUT2D eigenvalue weighted by molar-refractivity contribution is 0.0692. The number of carboxylic acid groups (broad SMARTS) is 1. The number of hydrogen-bond acceptors (Lipinski definition) is 4. The van der Waals surface area contributed by atoms with Crippen LogP contribution in [0.2, 0.25) is 0 Å². The topological polar surface area (TPSA) is 96.4 Å². The fraction of sp³-hybridized carbons (Fsp3) is 0.111. The summed E-state index contributed by atoms with van der Waals surface area (Å²) >= 11 is 0. The number of rotatable bonds is 1. The minimum atomic E-state index is -1.18. The van der Waals surface area contributed by atoms with Crippen LogP contribution in [0.25, 0.3) is 0 Å². The van der Waals surface area contributed by atoms with Gasteiger partial charge < -0.3 is 15.9 Å². The Hall–Kier alpha value is -2.06. The summed E-state index contributed by atoms with van der Waals surface area (Å²) in [4.78, 5) is 14.2. The summed E-state index contributed by atoms with van der Waals surface area (Å²) in [6.07, 6.45) is 1.29. The van der Waals surface area contributed by atoms with E-state index in [2.05, 4.69) is 16.8 Å². The lowest BCUT2D eigenvalue weighted by Gasteiger charge is -1.98. The van der Waals surface area contributed by atoms with Crippen molar-refractivity contribution in [3.63, 3.8) is 0 Å². The molecule has 5 heteroatoms. The summed E-state index contributed by atoms with van der Waals surface area (Å²) in [5.41, 5.74) is 5.76. The number of carboxylic acids is 1. The van der Waals surface area contributed by atoms with Crippen molar-refractivity contribution in [2.24, 2.45) is 0 Å². The van der Waals surface area contributed by atoms with E-state index >= 15 is 0 Å². The average Bonchev–Trinajstić information content (AvgIpc) is 2.14. The van der Waals surface area contributed by atoms with Crippen LogP contribution < -0.4 is 5.73 Å². The van der Waals surface area contributed by atoms with Gasteiger partial charge in [0.25, 0.3) is 0 Å². The minimum Gasteiger partial charge on any atom is -0.476 e. The molecule has 0 bridgehead atoms. The van der Waals surface area contributed by atoms with Crippen LogP contribution >= 0.6 is 0 Å². The van der Waals surface area contributed by atoms with E-state index in [4.69, 9.17) is 15.9 Å². The molecule has 72 valence electrons. The molecule has 0 atom stereocenters. The van der Waals surface area contributed by atoms with Crippen LogP contribution in [0.1, 0.15) is 16.1 Å². The monoisotopic (exact) mass is 192 g/mol. The summed E-state index contributed by atoms with van der Waals surface area (Å²) in [6.45, 7) is -0.263. The second-order valence-corrected chi connectivity index (χ2v) is 2.43. The first-order valence-electron chi connectivity index (χ1n) is 3.73. The highest BCUT2D eigenvalue weighted by atomic mass is 16.4. The number of carbonyl (C=O) groups is 1. The van der Waals surface area contributed by atoms with E-state index < -0.39 is 5.97 Å². The van der Waals surface area contributed by atoms with Gasteiger partial charge >= 0.3 is 5.97 Å². The number of aliphatic hydroxyl groups is 1. The third kappa shape index (κ3) is 2.21. The number of aromatic carboxylic acids is 1. The maximum absolute atomic E-state index is 10.5. The maximum atomic E-state index is 10.5. The van der Waals surface area contributed by atoms with Gasteiger partial charge in [-0.1, -0.05) is 11.8 Å². The zero-order valence-electron chi connectivity index (χ0n) is 7.19. The van der Waals surface area contributed by atoms with Gasteiger partial charge in [-0.2, -0.15) is 0 Å². The molecule has 4 N–H and O–H groups in total. The number of aromatic nitrogens is 1. The molecule has 0 aromatic carbocycles. The Morgan fingerprint density at radius 1 is 1.64 bits per heavy atom. The highest BCUT2D eigenvalue weighted by molar-refractivity contribution is 5.91. The Bertz CT molecular complexity index is 418. The first-order valence-corrected chi connectivity index (χ1v) is 3.73. The molecule has 0 saturated carbocycles. The highest BCUT2D eigenvalue weighted by Gasteiger charge is 2.08. The van der Waals surface area contributed by atoms with Crippen LogP contribution in [0.15, 0.2) is 12.3 Å². The fourth-order valence-corrected chi connectivity index (χ4v) is 0.870. The minimum absolute atomic E-state index is 0.0576. The first kappa shape index (κ1) is 10.0. The summed E-state index contributed by atoms with van der Waals surface area (Å²) in [6, 6.07) is 1.40. The van der Waals surface area contributed by atoms with E-state index in [-0.39, 0.29) is 18.0 Å². The van der Waals surface area contributed by atoms with E-state index in [1.165, 1.54) is 12.3 Å². The average molecular weight is 192 g/mol. The van der Waals surface area contributed by atoms with Crippen molar-refractivity contribution in [2.45, 2.75) is 0 Å². The molecule has 0 aliphatic heterocycles. The molecular weight excluding hydrogens is 184 g/mol. The van der Waals surface area contributed by atoms with Crippen molar-refractivity contribution < 1.29 is 15.0 Å². The number of pyridine rings is 1. The number of nitrogen functional groups attached to an aromatic ring is 1. The SMILES string of the molecule is Nc1cc(C#CCO)cnc1C(=O)O. The molecule has 0 unspecified atom stereocenters. The van der Waals surface area contributed by atoms with Crippen molar-refractivity contribution in [2.75, 3.05) is 12.3 Å². The standard InChI is InChI=1S/C9H8N2O3/c10-7-4-6(2-1-3-12)5-11-8(7)9(13)14/h4-5,12H,3,10H2,(H,13,14). The maximum Gasteiger partial charge on any atom is 0.356 e. The Morgan fingerprint density at radius 2 is 2.36 bits per heavy atom. The summed E-state index contributed by atoms with van der Waals surface area (Å²) in [7, 11) is 0. The molecule has 1 aromatic heterocycles. The number of hydrogen-bond donors (Lipinski definition) is 3. The number of anilines is 1. The van der Waals surface area contributed by atoms with Crippen LogP contribution in [-0.4, -0.2) is 27.8 Å². The molecule has 0 radical (unpaired) electrons. The second kappa shape index (κ2) is 4.25. The third-order valence-electron chi connectivity index (χ3n) is 1.43. The number of nitrogens with zero attached hydrogens (tertiary/aromatic N) is 1. The van der Waals surface area contributed by atoms with Crippen LogP contribution in [0, 0.1) is 11.8 Å². The summed E-state index contributed by atoms with van der Waals surface area (Å²) in [5, 5.41) is 17.0. The van der Waals surface area contributed by atoms with Crippen molar-refractivity contribution in [3.05, 3.63) is 23.5 Å². The summed E-state index contributed by atoms with van der Waals surface area (Å²) < 4.78 is 0. The van der Waals surface area contributed by atoms with E-state index in [1.807, 2.05) is 0 Å². The second-order valence-electron chi connectivity index (χ2n) is 2.43. The molecule has 0 aliphatic rings.